The molecule has 6 nitrogen and oxygen atoms in total. The number of hydrogen-bond donors (Lipinski definition) is 2. The van der Waals surface area contributed by atoms with Crippen molar-refractivity contribution in [2.75, 3.05) is 14.2 Å². The molecule has 0 unspecified atom stereocenters. The standard InChI is InChI=1S/C12H15N3O3/c1-13-12(17)10-5-3-4-9(6-10)7-14-11(16)8-15-18-2/h3-6,8H,7H2,1-2H3,(H,13,17)(H,14,16). The zero-order chi connectivity index (χ0) is 13.4. The van der Waals surface area contributed by atoms with Gasteiger partial charge in [0, 0.05) is 19.2 Å². The number of nitrogens with one attached hydrogen (secondary N) is 2. The molecule has 0 heterocycles. The highest BCUT2D eigenvalue weighted by Gasteiger charge is 2.04. The van der Waals surface area contributed by atoms with Gasteiger partial charge in [0.15, 0.2) is 0 Å². The fraction of sp³-hybridized carbons (Fsp3) is 0.250. The van der Waals surface area contributed by atoms with E-state index in [9.17, 15) is 9.59 Å². The summed E-state index contributed by atoms with van der Waals surface area (Å²) < 4.78 is 0. The van der Waals surface area contributed by atoms with Gasteiger partial charge in [0.1, 0.15) is 13.3 Å². The molecule has 96 valence electrons. The van der Waals surface area contributed by atoms with E-state index in [-0.39, 0.29) is 11.8 Å². The van der Waals surface area contributed by atoms with Crippen LogP contribution >= 0.6 is 0 Å². The van der Waals surface area contributed by atoms with Crippen LogP contribution in [0, 0.1) is 0 Å². The van der Waals surface area contributed by atoms with Crippen LogP contribution in [0.5, 0.6) is 0 Å². The van der Waals surface area contributed by atoms with E-state index in [1.165, 1.54) is 7.11 Å². The highest BCUT2D eigenvalue weighted by atomic mass is 16.6. The van der Waals surface area contributed by atoms with Crippen molar-refractivity contribution in [3.05, 3.63) is 35.4 Å². The molecule has 0 aliphatic carbocycles. The minimum atomic E-state index is -0.359. The van der Waals surface area contributed by atoms with Gasteiger partial charge in [-0.15, -0.1) is 0 Å². The first-order chi connectivity index (χ1) is 8.67. The van der Waals surface area contributed by atoms with E-state index < -0.39 is 0 Å². The second-order valence-corrected chi connectivity index (χ2v) is 3.41. The Balaban J connectivity index is 2.60. The molecule has 2 amide bonds. The van der Waals surface area contributed by atoms with Crippen molar-refractivity contribution in [1.29, 1.82) is 0 Å². The molecule has 0 spiro atoms. The monoisotopic (exact) mass is 249 g/mol. The van der Waals surface area contributed by atoms with Crippen molar-refractivity contribution in [2.24, 2.45) is 5.16 Å². The normalized spacial score (nSPS) is 10.1. The minimum Gasteiger partial charge on any atom is -0.399 e. The Morgan fingerprint density at radius 2 is 2.22 bits per heavy atom. The molecular weight excluding hydrogens is 234 g/mol. The Hall–Kier alpha value is -2.37. The summed E-state index contributed by atoms with van der Waals surface area (Å²) in [5, 5.41) is 8.50. The molecule has 0 atom stereocenters. The highest BCUT2D eigenvalue weighted by Crippen LogP contribution is 2.04. The highest BCUT2D eigenvalue weighted by molar-refractivity contribution is 6.25. The number of carbonyl (C=O) groups is 2. The third kappa shape index (κ3) is 4.25. The topological polar surface area (TPSA) is 79.8 Å². The molecule has 1 aromatic carbocycles. The van der Waals surface area contributed by atoms with Crippen molar-refractivity contribution in [1.82, 2.24) is 10.6 Å². The lowest BCUT2D eigenvalue weighted by molar-refractivity contribution is -0.114. The van der Waals surface area contributed by atoms with Gasteiger partial charge >= 0.3 is 0 Å². The summed E-state index contributed by atoms with van der Waals surface area (Å²) in [6.45, 7) is 0.319. The van der Waals surface area contributed by atoms with Gasteiger partial charge in [-0.3, -0.25) is 9.59 Å². The lowest BCUT2D eigenvalue weighted by Gasteiger charge is -2.05. The van der Waals surface area contributed by atoms with Gasteiger partial charge in [0.25, 0.3) is 11.8 Å². The quantitative estimate of drug-likeness (QED) is 0.581. The molecular formula is C12H15N3O3. The van der Waals surface area contributed by atoms with E-state index in [1.54, 1.807) is 25.2 Å². The predicted octanol–water partition coefficient (Wildman–Crippen LogP) is 0.295. The van der Waals surface area contributed by atoms with E-state index in [0.29, 0.717) is 12.1 Å². The largest absolute Gasteiger partial charge is 0.399 e. The van der Waals surface area contributed by atoms with Crippen molar-refractivity contribution in [3.8, 4) is 0 Å². The number of rotatable bonds is 5. The summed E-state index contributed by atoms with van der Waals surface area (Å²) in [4.78, 5) is 27.0. The average Bonchev–Trinajstić information content (AvgIpc) is 2.42. The fourth-order valence-electron chi connectivity index (χ4n) is 1.30. The second-order valence-electron chi connectivity index (χ2n) is 3.41. The molecule has 0 aliphatic heterocycles. The first-order valence-electron chi connectivity index (χ1n) is 5.32. The van der Waals surface area contributed by atoms with Gasteiger partial charge in [0.05, 0.1) is 0 Å². The lowest BCUT2D eigenvalue weighted by Crippen LogP contribution is -2.24. The Bertz CT molecular complexity index is 458. The minimum absolute atomic E-state index is 0.163. The number of hydrogen-bond acceptors (Lipinski definition) is 4. The van der Waals surface area contributed by atoms with E-state index >= 15 is 0 Å². The van der Waals surface area contributed by atoms with Gasteiger partial charge in [-0.25, -0.2) is 0 Å². The first-order valence-corrected chi connectivity index (χ1v) is 5.32. The molecule has 0 saturated heterocycles. The Morgan fingerprint density at radius 3 is 2.89 bits per heavy atom. The maximum atomic E-state index is 11.4. The van der Waals surface area contributed by atoms with Gasteiger partial charge in [0.2, 0.25) is 0 Å². The van der Waals surface area contributed by atoms with Crippen LogP contribution < -0.4 is 10.6 Å². The van der Waals surface area contributed by atoms with Crippen molar-refractivity contribution in [3.63, 3.8) is 0 Å². The Morgan fingerprint density at radius 1 is 1.44 bits per heavy atom. The molecule has 6 heteroatoms. The van der Waals surface area contributed by atoms with Crippen LogP contribution in [0.2, 0.25) is 0 Å². The third-order valence-electron chi connectivity index (χ3n) is 2.16. The summed E-state index contributed by atoms with van der Waals surface area (Å²) in [5.41, 5.74) is 1.38. The van der Waals surface area contributed by atoms with E-state index in [2.05, 4.69) is 20.6 Å². The van der Waals surface area contributed by atoms with E-state index in [1.807, 2.05) is 6.07 Å². The van der Waals surface area contributed by atoms with Crippen molar-refractivity contribution in [2.45, 2.75) is 6.54 Å². The Labute approximate surface area is 105 Å². The smallest absolute Gasteiger partial charge is 0.266 e. The average molecular weight is 249 g/mol. The summed E-state index contributed by atoms with van der Waals surface area (Å²) in [7, 11) is 2.93. The number of amides is 2. The molecule has 0 aliphatic rings. The molecule has 0 aromatic heterocycles. The maximum Gasteiger partial charge on any atom is 0.266 e. The molecule has 1 rings (SSSR count). The number of nitrogens with zero attached hydrogens (tertiary/aromatic N) is 1. The van der Waals surface area contributed by atoms with Gasteiger partial charge in [-0.05, 0) is 17.7 Å². The third-order valence-corrected chi connectivity index (χ3v) is 2.16. The summed E-state index contributed by atoms with van der Waals surface area (Å²) >= 11 is 0. The van der Waals surface area contributed by atoms with Crippen molar-refractivity contribution < 1.29 is 14.4 Å². The van der Waals surface area contributed by atoms with E-state index in [4.69, 9.17) is 0 Å². The van der Waals surface area contributed by atoms with Gasteiger partial charge in [-0.1, -0.05) is 17.3 Å². The molecule has 18 heavy (non-hydrogen) atoms. The number of benzene rings is 1. The zero-order valence-corrected chi connectivity index (χ0v) is 10.3. The van der Waals surface area contributed by atoms with Crippen LogP contribution in [0.4, 0.5) is 0 Å². The fourth-order valence-corrected chi connectivity index (χ4v) is 1.30. The van der Waals surface area contributed by atoms with Crippen molar-refractivity contribution >= 4 is 18.0 Å². The summed E-state index contributed by atoms with van der Waals surface area (Å²) in [5.74, 6) is -0.522. The summed E-state index contributed by atoms with van der Waals surface area (Å²) in [6.07, 6.45) is 1.04. The maximum absolute atomic E-state index is 11.4. The van der Waals surface area contributed by atoms with Crippen LogP contribution in [-0.4, -0.2) is 32.2 Å². The first kappa shape index (κ1) is 13.7. The molecule has 2 N–H and O–H groups in total. The second kappa shape index (κ2) is 7.05. The van der Waals surface area contributed by atoms with Crippen LogP contribution in [-0.2, 0) is 16.2 Å². The van der Waals surface area contributed by atoms with Gasteiger partial charge in [-0.2, -0.15) is 0 Å². The summed E-state index contributed by atoms with van der Waals surface area (Å²) in [6, 6.07) is 7.00. The molecule has 0 radical (unpaired) electrons. The predicted molar refractivity (Wildman–Crippen MR) is 67.2 cm³/mol. The molecule has 1 aromatic rings. The Kier molecular flexibility index (Phi) is 5.37. The van der Waals surface area contributed by atoms with Crippen LogP contribution in [0.15, 0.2) is 29.4 Å². The number of oxime groups is 1. The van der Waals surface area contributed by atoms with E-state index in [0.717, 1.165) is 11.8 Å². The number of carbonyl (C=O) groups excluding carboxylic acids is 2. The van der Waals surface area contributed by atoms with Gasteiger partial charge < -0.3 is 15.5 Å². The molecule has 0 saturated carbocycles. The van der Waals surface area contributed by atoms with Crippen LogP contribution in [0.1, 0.15) is 15.9 Å². The molecule has 0 bridgehead atoms. The van der Waals surface area contributed by atoms with Crippen LogP contribution in [0.3, 0.4) is 0 Å². The lowest BCUT2D eigenvalue weighted by atomic mass is 10.1. The zero-order valence-electron chi connectivity index (χ0n) is 10.3. The van der Waals surface area contributed by atoms with Crippen LogP contribution in [0.25, 0.3) is 0 Å². The molecule has 0 fully saturated rings. The SMILES string of the molecule is CNC(=O)c1cccc(CNC(=O)C=NOC)c1.